The molecule has 1 fully saturated rings. The van der Waals surface area contributed by atoms with E-state index in [0.29, 0.717) is 12.5 Å². The minimum absolute atomic E-state index is 0.0981. The molecule has 1 aliphatic rings. The van der Waals surface area contributed by atoms with Crippen molar-refractivity contribution in [3.05, 3.63) is 18.2 Å². The van der Waals surface area contributed by atoms with Crippen molar-refractivity contribution in [1.82, 2.24) is 14.5 Å². The van der Waals surface area contributed by atoms with Crippen LogP contribution in [0.2, 0.25) is 0 Å². The zero-order valence-electron chi connectivity index (χ0n) is 11.9. The van der Waals surface area contributed by atoms with Crippen LogP contribution in [0.15, 0.2) is 12.4 Å². The van der Waals surface area contributed by atoms with Gasteiger partial charge in [-0.25, -0.2) is 4.98 Å². The number of imidazole rings is 1. The topological polar surface area (TPSA) is 64.2 Å². The van der Waals surface area contributed by atoms with Crippen molar-refractivity contribution in [2.75, 3.05) is 6.54 Å². The van der Waals surface area contributed by atoms with Gasteiger partial charge in [0.25, 0.3) is 0 Å². The molecule has 2 atom stereocenters. The molecule has 0 spiro atoms. The van der Waals surface area contributed by atoms with Gasteiger partial charge in [-0.05, 0) is 33.1 Å². The summed E-state index contributed by atoms with van der Waals surface area (Å²) in [6.45, 7) is 5.69. The molecule has 0 saturated carbocycles. The van der Waals surface area contributed by atoms with E-state index < -0.39 is 0 Å². The lowest BCUT2D eigenvalue weighted by Crippen LogP contribution is -2.38. The number of aryl methyl sites for hydroxylation is 1. The summed E-state index contributed by atoms with van der Waals surface area (Å²) in [4.78, 5) is 18.5. The predicted octanol–water partition coefficient (Wildman–Crippen LogP) is 1.31. The summed E-state index contributed by atoms with van der Waals surface area (Å²) in [5.74, 6) is 1.26. The number of hydrogen-bond acceptors (Lipinski definition) is 3. The van der Waals surface area contributed by atoms with Gasteiger partial charge in [0.1, 0.15) is 5.82 Å². The fourth-order valence-electron chi connectivity index (χ4n) is 2.67. The molecule has 0 aromatic carbocycles. The predicted molar refractivity (Wildman–Crippen MR) is 74.6 cm³/mol. The van der Waals surface area contributed by atoms with Gasteiger partial charge in [-0.15, -0.1) is 0 Å². The van der Waals surface area contributed by atoms with Gasteiger partial charge in [-0.3, -0.25) is 4.79 Å². The minimum atomic E-state index is 0.0981. The minimum Gasteiger partial charge on any atom is -0.338 e. The number of rotatable bonds is 5. The molecule has 1 aromatic rings. The highest BCUT2D eigenvalue weighted by atomic mass is 16.2. The number of carbonyl (C=O) groups excluding carboxylic acids is 1. The number of likely N-dealkylation sites (tertiary alicyclic amines) is 1. The molecule has 2 rings (SSSR count). The van der Waals surface area contributed by atoms with E-state index in [9.17, 15) is 4.79 Å². The highest BCUT2D eigenvalue weighted by molar-refractivity contribution is 5.76. The summed E-state index contributed by atoms with van der Waals surface area (Å²) in [6.07, 6.45) is 7.32. The Morgan fingerprint density at radius 1 is 1.63 bits per heavy atom. The zero-order chi connectivity index (χ0) is 13.8. The molecule has 2 N–H and O–H groups in total. The molecule has 0 bridgehead atoms. The molecule has 5 heteroatoms. The van der Waals surface area contributed by atoms with Gasteiger partial charge in [0, 0.05) is 44.0 Å². The van der Waals surface area contributed by atoms with E-state index in [2.05, 4.69) is 9.55 Å². The van der Waals surface area contributed by atoms with Crippen LogP contribution in [-0.2, 0) is 11.3 Å². The Labute approximate surface area is 114 Å². The number of hydrogen-bond donors (Lipinski definition) is 1. The summed E-state index contributed by atoms with van der Waals surface area (Å²) >= 11 is 0. The maximum absolute atomic E-state index is 12.2. The Bertz CT molecular complexity index is 427. The number of carbonyl (C=O) groups is 1. The number of aromatic nitrogens is 2. The first-order chi connectivity index (χ1) is 9.08. The standard InChI is InChI=1S/C14H24N4O/c1-11(15)5-6-14(19)18-8-3-4-13(18)10-17-9-7-16-12(17)2/h7,9,11,13H,3-6,8,10,15H2,1-2H3. The smallest absolute Gasteiger partial charge is 0.222 e. The van der Waals surface area contributed by atoms with Crippen LogP contribution in [0.5, 0.6) is 0 Å². The third-order valence-electron chi connectivity index (χ3n) is 3.84. The molecule has 2 unspecified atom stereocenters. The first-order valence-electron chi connectivity index (χ1n) is 7.10. The molecule has 5 nitrogen and oxygen atoms in total. The van der Waals surface area contributed by atoms with Crippen LogP contribution in [0.1, 0.15) is 38.4 Å². The summed E-state index contributed by atoms with van der Waals surface area (Å²) in [5.41, 5.74) is 5.72. The highest BCUT2D eigenvalue weighted by Crippen LogP contribution is 2.21. The first-order valence-corrected chi connectivity index (χ1v) is 7.10. The molecule has 1 saturated heterocycles. The molecular weight excluding hydrogens is 240 g/mol. The SMILES string of the molecule is Cc1nccn1CC1CCCN1C(=O)CCC(C)N. The molecule has 1 aromatic heterocycles. The highest BCUT2D eigenvalue weighted by Gasteiger charge is 2.28. The van der Waals surface area contributed by atoms with Crippen molar-refractivity contribution in [2.45, 2.75) is 58.2 Å². The van der Waals surface area contributed by atoms with Gasteiger partial charge >= 0.3 is 0 Å². The molecular formula is C14H24N4O. The first kappa shape index (κ1) is 14.1. The molecule has 0 radical (unpaired) electrons. The van der Waals surface area contributed by atoms with Crippen molar-refractivity contribution in [2.24, 2.45) is 5.73 Å². The summed E-state index contributed by atoms with van der Waals surface area (Å²) < 4.78 is 2.13. The third kappa shape index (κ3) is 3.56. The third-order valence-corrected chi connectivity index (χ3v) is 3.84. The maximum atomic E-state index is 12.2. The average molecular weight is 264 g/mol. The monoisotopic (exact) mass is 264 g/mol. The molecule has 0 aliphatic carbocycles. The van der Waals surface area contributed by atoms with E-state index in [4.69, 9.17) is 5.73 Å². The van der Waals surface area contributed by atoms with E-state index in [0.717, 1.165) is 38.2 Å². The molecule has 19 heavy (non-hydrogen) atoms. The second-order valence-corrected chi connectivity index (χ2v) is 5.53. The van der Waals surface area contributed by atoms with Crippen LogP contribution in [0, 0.1) is 6.92 Å². The normalized spacial score (nSPS) is 20.8. The quantitative estimate of drug-likeness (QED) is 0.872. The largest absolute Gasteiger partial charge is 0.338 e. The van der Waals surface area contributed by atoms with Gasteiger partial charge in [-0.1, -0.05) is 0 Å². The average Bonchev–Trinajstić information content (AvgIpc) is 2.97. The molecule has 1 amide bonds. The number of nitrogens with two attached hydrogens (primary N) is 1. The van der Waals surface area contributed by atoms with E-state index >= 15 is 0 Å². The second-order valence-electron chi connectivity index (χ2n) is 5.53. The van der Waals surface area contributed by atoms with Crippen LogP contribution >= 0.6 is 0 Å². The fourth-order valence-corrected chi connectivity index (χ4v) is 2.67. The lowest BCUT2D eigenvalue weighted by Gasteiger charge is -2.25. The van der Waals surface area contributed by atoms with E-state index in [1.807, 2.05) is 31.1 Å². The van der Waals surface area contributed by atoms with Gasteiger partial charge in [0.05, 0.1) is 0 Å². The summed E-state index contributed by atoms with van der Waals surface area (Å²) in [7, 11) is 0. The van der Waals surface area contributed by atoms with Crippen LogP contribution in [0.4, 0.5) is 0 Å². The van der Waals surface area contributed by atoms with Crippen molar-refractivity contribution >= 4 is 5.91 Å². The van der Waals surface area contributed by atoms with Crippen molar-refractivity contribution in [1.29, 1.82) is 0 Å². The summed E-state index contributed by atoms with van der Waals surface area (Å²) in [5, 5.41) is 0. The molecule has 1 aliphatic heterocycles. The zero-order valence-corrected chi connectivity index (χ0v) is 11.9. The van der Waals surface area contributed by atoms with E-state index in [-0.39, 0.29) is 11.9 Å². The van der Waals surface area contributed by atoms with Gasteiger partial charge < -0.3 is 15.2 Å². The van der Waals surface area contributed by atoms with E-state index in [1.165, 1.54) is 0 Å². The van der Waals surface area contributed by atoms with Crippen LogP contribution < -0.4 is 5.73 Å². The van der Waals surface area contributed by atoms with Crippen LogP contribution in [0.3, 0.4) is 0 Å². The second kappa shape index (κ2) is 6.19. The van der Waals surface area contributed by atoms with Gasteiger partial charge in [0.15, 0.2) is 0 Å². The lowest BCUT2D eigenvalue weighted by atomic mass is 10.1. The Balaban J connectivity index is 1.93. The number of nitrogens with zero attached hydrogens (tertiary/aromatic N) is 3. The maximum Gasteiger partial charge on any atom is 0.222 e. The van der Waals surface area contributed by atoms with Crippen molar-refractivity contribution in [3.8, 4) is 0 Å². The molecule has 2 heterocycles. The van der Waals surface area contributed by atoms with Crippen LogP contribution in [-0.4, -0.2) is 39.0 Å². The lowest BCUT2D eigenvalue weighted by molar-refractivity contribution is -0.132. The van der Waals surface area contributed by atoms with Crippen molar-refractivity contribution in [3.63, 3.8) is 0 Å². The van der Waals surface area contributed by atoms with Gasteiger partial charge in [-0.2, -0.15) is 0 Å². The Morgan fingerprint density at radius 2 is 2.42 bits per heavy atom. The number of amides is 1. The van der Waals surface area contributed by atoms with Crippen LogP contribution in [0.25, 0.3) is 0 Å². The Kier molecular flexibility index (Phi) is 4.58. The van der Waals surface area contributed by atoms with E-state index in [1.54, 1.807) is 0 Å². The summed E-state index contributed by atoms with van der Waals surface area (Å²) in [6, 6.07) is 0.411. The molecule has 106 valence electrons. The van der Waals surface area contributed by atoms with Crippen molar-refractivity contribution < 1.29 is 4.79 Å². The van der Waals surface area contributed by atoms with Gasteiger partial charge in [0.2, 0.25) is 5.91 Å². The Hall–Kier alpha value is -1.36. The fraction of sp³-hybridized carbons (Fsp3) is 0.714. The Morgan fingerprint density at radius 3 is 3.05 bits per heavy atom.